The van der Waals surface area contributed by atoms with Crippen molar-refractivity contribution in [1.29, 1.82) is 0 Å². The van der Waals surface area contributed by atoms with E-state index in [0.717, 1.165) is 25.3 Å². The van der Waals surface area contributed by atoms with Gasteiger partial charge in [-0.05, 0) is 31.9 Å². The van der Waals surface area contributed by atoms with Crippen molar-refractivity contribution in [2.75, 3.05) is 6.54 Å². The highest BCUT2D eigenvalue weighted by molar-refractivity contribution is 5.72. The van der Waals surface area contributed by atoms with E-state index >= 15 is 0 Å². The lowest BCUT2D eigenvalue weighted by Crippen LogP contribution is -2.35. The first-order valence-electron chi connectivity index (χ1n) is 6.02. The third kappa shape index (κ3) is 2.05. The molecule has 0 bridgehead atoms. The third-order valence-corrected chi connectivity index (χ3v) is 3.38. The molecule has 1 aliphatic rings. The Labute approximate surface area is 99.0 Å². The number of hydrogen-bond donors (Lipinski definition) is 1. The molecule has 4 heteroatoms. The molecule has 2 atom stereocenters. The summed E-state index contributed by atoms with van der Waals surface area (Å²) >= 11 is 0. The number of hydrogen-bond acceptors (Lipinski definition) is 3. The van der Waals surface area contributed by atoms with Crippen LogP contribution in [-0.2, 0) is 0 Å². The van der Waals surface area contributed by atoms with E-state index in [-0.39, 0.29) is 5.82 Å². The molecule has 1 aliphatic heterocycles. The van der Waals surface area contributed by atoms with Gasteiger partial charge in [-0.15, -0.1) is 0 Å². The van der Waals surface area contributed by atoms with Crippen molar-refractivity contribution in [2.45, 2.75) is 31.7 Å². The highest BCUT2D eigenvalue weighted by Gasteiger charge is 2.23. The van der Waals surface area contributed by atoms with Crippen molar-refractivity contribution in [3.05, 3.63) is 29.9 Å². The molecule has 2 heterocycles. The van der Waals surface area contributed by atoms with Crippen LogP contribution in [0.3, 0.4) is 0 Å². The average Bonchev–Trinajstić information content (AvgIpc) is 2.72. The van der Waals surface area contributed by atoms with Crippen LogP contribution in [-0.4, -0.2) is 17.6 Å². The highest BCUT2D eigenvalue weighted by Crippen LogP contribution is 2.27. The van der Waals surface area contributed by atoms with Crippen LogP contribution in [0.5, 0.6) is 0 Å². The minimum Gasteiger partial charge on any atom is -0.440 e. The minimum absolute atomic E-state index is 0.271. The van der Waals surface area contributed by atoms with Crippen LogP contribution in [0, 0.1) is 5.82 Å². The molecule has 1 fully saturated rings. The zero-order valence-corrected chi connectivity index (χ0v) is 9.74. The van der Waals surface area contributed by atoms with Gasteiger partial charge >= 0.3 is 0 Å². The number of oxazole rings is 1. The molecular weight excluding hydrogens is 219 g/mol. The van der Waals surface area contributed by atoms with Crippen LogP contribution in [0.4, 0.5) is 4.39 Å². The summed E-state index contributed by atoms with van der Waals surface area (Å²) in [4.78, 5) is 4.38. The number of aromatic nitrogens is 1. The predicted octanol–water partition coefficient (Wildman–Crippen LogP) is 2.82. The van der Waals surface area contributed by atoms with E-state index in [1.54, 1.807) is 6.07 Å². The molecule has 0 saturated carbocycles. The number of piperidine rings is 1. The van der Waals surface area contributed by atoms with Gasteiger partial charge in [0.05, 0.1) is 0 Å². The van der Waals surface area contributed by atoms with Crippen LogP contribution in [0.15, 0.2) is 22.6 Å². The molecule has 0 aliphatic carbocycles. The zero-order valence-electron chi connectivity index (χ0n) is 9.74. The smallest absolute Gasteiger partial charge is 0.199 e. The summed E-state index contributed by atoms with van der Waals surface area (Å²) in [6.45, 7) is 3.06. The Hall–Kier alpha value is -1.42. The first-order chi connectivity index (χ1) is 8.22. The maximum absolute atomic E-state index is 13.0. The molecule has 3 nitrogen and oxygen atoms in total. The number of benzene rings is 1. The summed E-state index contributed by atoms with van der Waals surface area (Å²) < 4.78 is 18.7. The van der Waals surface area contributed by atoms with E-state index in [1.807, 2.05) is 0 Å². The Bertz CT molecular complexity index is 529. The molecule has 1 N–H and O–H groups in total. The van der Waals surface area contributed by atoms with Crippen LogP contribution in [0.2, 0.25) is 0 Å². The molecule has 90 valence electrons. The van der Waals surface area contributed by atoms with Crippen molar-refractivity contribution >= 4 is 11.1 Å². The summed E-state index contributed by atoms with van der Waals surface area (Å²) in [6, 6.07) is 5.02. The van der Waals surface area contributed by atoms with Crippen LogP contribution < -0.4 is 5.32 Å². The SMILES string of the molecule is C[C@@H]1CCC(c2nc3cc(F)ccc3o2)CN1. The van der Waals surface area contributed by atoms with E-state index in [0.29, 0.717) is 23.1 Å². The molecular formula is C13H15FN2O. The third-order valence-electron chi connectivity index (χ3n) is 3.38. The number of rotatable bonds is 1. The first-order valence-corrected chi connectivity index (χ1v) is 6.02. The summed E-state index contributed by atoms with van der Waals surface area (Å²) in [6.07, 6.45) is 2.20. The van der Waals surface area contributed by atoms with Crippen molar-refractivity contribution < 1.29 is 8.81 Å². The fourth-order valence-electron chi connectivity index (χ4n) is 2.30. The minimum atomic E-state index is -0.271. The monoisotopic (exact) mass is 234 g/mol. The molecule has 1 aromatic heterocycles. The fourth-order valence-corrected chi connectivity index (χ4v) is 2.30. The van der Waals surface area contributed by atoms with Gasteiger partial charge in [0.25, 0.3) is 0 Å². The zero-order chi connectivity index (χ0) is 11.8. The van der Waals surface area contributed by atoms with E-state index in [4.69, 9.17) is 4.42 Å². The maximum atomic E-state index is 13.0. The van der Waals surface area contributed by atoms with Crippen LogP contribution in [0.25, 0.3) is 11.1 Å². The van der Waals surface area contributed by atoms with Gasteiger partial charge in [0, 0.05) is 24.6 Å². The summed E-state index contributed by atoms with van der Waals surface area (Å²) in [5.74, 6) is 0.763. The van der Waals surface area contributed by atoms with Gasteiger partial charge in [-0.3, -0.25) is 0 Å². The lowest BCUT2D eigenvalue weighted by molar-refractivity contribution is 0.342. The Balaban J connectivity index is 1.90. The number of nitrogens with zero attached hydrogens (tertiary/aromatic N) is 1. The Morgan fingerprint density at radius 2 is 2.29 bits per heavy atom. The number of nitrogens with one attached hydrogen (secondary N) is 1. The number of halogens is 1. The lowest BCUT2D eigenvalue weighted by atomic mass is 9.95. The fraction of sp³-hybridized carbons (Fsp3) is 0.462. The van der Waals surface area contributed by atoms with Gasteiger partial charge in [0.1, 0.15) is 11.3 Å². The molecule has 2 aromatic rings. The van der Waals surface area contributed by atoms with Crippen molar-refractivity contribution in [2.24, 2.45) is 0 Å². The average molecular weight is 234 g/mol. The highest BCUT2D eigenvalue weighted by atomic mass is 19.1. The second-order valence-electron chi connectivity index (χ2n) is 4.75. The van der Waals surface area contributed by atoms with Crippen LogP contribution >= 0.6 is 0 Å². The van der Waals surface area contributed by atoms with E-state index < -0.39 is 0 Å². The van der Waals surface area contributed by atoms with E-state index in [9.17, 15) is 4.39 Å². The Kier molecular flexibility index (Phi) is 2.59. The normalized spacial score (nSPS) is 25.3. The van der Waals surface area contributed by atoms with Crippen LogP contribution in [0.1, 0.15) is 31.6 Å². The van der Waals surface area contributed by atoms with Gasteiger partial charge in [-0.2, -0.15) is 0 Å². The van der Waals surface area contributed by atoms with Crippen molar-refractivity contribution in [3.63, 3.8) is 0 Å². The molecule has 17 heavy (non-hydrogen) atoms. The Morgan fingerprint density at radius 1 is 1.41 bits per heavy atom. The summed E-state index contributed by atoms with van der Waals surface area (Å²) in [7, 11) is 0. The quantitative estimate of drug-likeness (QED) is 0.824. The lowest BCUT2D eigenvalue weighted by Gasteiger charge is -2.25. The predicted molar refractivity (Wildman–Crippen MR) is 63.4 cm³/mol. The van der Waals surface area contributed by atoms with E-state index in [1.165, 1.54) is 12.1 Å². The second kappa shape index (κ2) is 4.11. The molecule has 1 aromatic carbocycles. The number of fused-ring (bicyclic) bond motifs is 1. The van der Waals surface area contributed by atoms with Gasteiger partial charge in [0.15, 0.2) is 11.5 Å². The molecule has 1 unspecified atom stereocenters. The first kappa shape index (κ1) is 10.7. The maximum Gasteiger partial charge on any atom is 0.199 e. The summed E-state index contributed by atoms with van der Waals surface area (Å²) in [5, 5.41) is 3.41. The molecule has 3 rings (SSSR count). The van der Waals surface area contributed by atoms with Gasteiger partial charge < -0.3 is 9.73 Å². The van der Waals surface area contributed by atoms with E-state index in [2.05, 4.69) is 17.2 Å². The van der Waals surface area contributed by atoms with Gasteiger partial charge in [0.2, 0.25) is 0 Å². The molecule has 0 amide bonds. The van der Waals surface area contributed by atoms with Crippen molar-refractivity contribution in [1.82, 2.24) is 10.3 Å². The molecule has 1 saturated heterocycles. The Morgan fingerprint density at radius 3 is 3.06 bits per heavy atom. The summed E-state index contributed by atoms with van der Waals surface area (Å²) in [5.41, 5.74) is 1.28. The van der Waals surface area contributed by atoms with Gasteiger partial charge in [-0.25, -0.2) is 9.37 Å². The topological polar surface area (TPSA) is 38.1 Å². The molecule has 0 spiro atoms. The molecule has 0 radical (unpaired) electrons. The van der Waals surface area contributed by atoms with Gasteiger partial charge in [-0.1, -0.05) is 0 Å². The van der Waals surface area contributed by atoms with Crippen molar-refractivity contribution in [3.8, 4) is 0 Å². The largest absolute Gasteiger partial charge is 0.440 e. The standard InChI is InChI=1S/C13H15FN2O/c1-8-2-3-9(7-15-8)13-16-11-6-10(14)4-5-12(11)17-13/h4-6,8-9,15H,2-3,7H2,1H3/t8-,9?/m1/s1. The second-order valence-corrected chi connectivity index (χ2v) is 4.75.